The van der Waals surface area contributed by atoms with Gasteiger partial charge in [-0.25, -0.2) is 0 Å². The summed E-state index contributed by atoms with van der Waals surface area (Å²) >= 11 is 0. The summed E-state index contributed by atoms with van der Waals surface area (Å²) in [6, 6.07) is 1.81. The van der Waals surface area contributed by atoms with Crippen molar-refractivity contribution in [3.63, 3.8) is 0 Å². The second-order valence-corrected chi connectivity index (χ2v) is 7.04. The topological polar surface area (TPSA) is 59.4 Å². The molecule has 0 unspecified atom stereocenters. The molecule has 0 bridgehead atoms. The first kappa shape index (κ1) is 17.9. The van der Waals surface area contributed by atoms with E-state index in [4.69, 9.17) is 4.74 Å². The highest BCUT2D eigenvalue weighted by Gasteiger charge is 2.34. The number of hydrogen-bond acceptors (Lipinski definition) is 4. The van der Waals surface area contributed by atoms with E-state index in [9.17, 15) is 4.79 Å². The van der Waals surface area contributed by atoms with E-state index in [0.29, 0.717) is 6.54 Å². The number of ether oxygens (including phenoxy) is 1. The predicted molar refractivity (Wildman–Crippen MR) is 90.0 cm³/mol. The van der Waals surface area contributed by atoms with Crippen molar-refractivity contribution < 1.29 is 9.53 Å². The fourth-order valence-electron chi connectivity index (χ4n) is 3.40. The molecular formula is C17H30N4O2. The van der Waals surface area contributed by atoms with Gasteiger partial charge in [0.25, 0.3) is 0 Å². The van der Waals surface area contributed by atoms with Crippen molar-refractivity contribution in [2.75, 3.05) is 13.1 Å². The van der Waals surface area contributed by atoms with Gasteiger partial charge in [0.2, 0.25) is 5.91 Å². The van der Waals surface area contributed by atoms with Crippen LogP contribution in [0, 0.1) is 5.92 Å². The highest BCUT2D eigenvalue weighted by molar-refractivity contribution is 5.82. The molecule has 1 amide bonds. The van der Waals surface area contributed by atoms with Crippen LogP contribution in [0.1, 0.15) is 34.6 Å². The van der Waals surface area contributed by atoms with Crippen LogP contribution in [0.5, 0.6) is 0 Å². The lowest BCUT2D eigenvalue weighted by Crippen LogP contribution is -2.58. The van der Waals surface area contributed by atoms with Gasteiger partial charge in [-0.05, 0) is 32.8 Å². The average Bonchev–Trinajstić information content (AvgIpc) is 2.89. The van der Waals surface area contributed by atoms with Crippen molar-refractivity contribution in [2.45, 2.75) is 65.5 Å². The van der Waals surface area contributed by atoms with Gasteiger partial charge in [-0.15, -0.1) is 0 Å². The normalized spacial score (nSPS) is 25.3. The van der Waals surface area contributed by atoms with E-state index in [1.54, 1.807) is 6.20 Å². The van der Waals surface area contributed by atoms with Gasteiger partial charge in [-0.3, -0.25) is 14.4 Å². The van der Waals surface area contributed by atoms with E-state index in [-0.39, 0.29) is 36.1 Å². The van der Waals surface area contributed by atoms with Crippen LogP contribution in [0.25, 0.3) is 0 Å². The summed E-state index contributed by atoms with van der Waals surface area (Å²) in [6.07, 6.45) is 3.99. The van der Waals surface area contributed by atoms with Gasteiger partial charge in [0.05, 0.1) is 24.8 Å². The molecule has 130 valence electrons. The van der Waals surface area contributed by atoms with Crippen molar-refractivity contribution in [1.29, 1.82) is 0 Å². The summed E-state index contributed by atoms with van der Waals surface area (Å²) in [7, 11) is 0. The molecule has 4 atom stereocenters. The molecule has 0 spiro atoms. The number of amides is 1. The third kappa shape index (κ3) is 5.04. The molecule has 2 heterocycles. The quantitative estimate of drug-likeness (QED) is 0.863. The van der Waals surface area contributed by atoms with E-state index in [2.05, 4.69) is 43.0 Å². The number of nitrogens with zero attached hydrogens (tertiary/aromatic N) is 3. The molecule has 1 saturated heterocycles. The lowest BCUT2D eigenvalue weighted by atomic mass is 9.99. The summed E-state index contributed by atoms with van der Waals surface area (Å²) < 4.78 is 7.63. The number of hydrogen-bond donors (Lipinski definition) is 1. The summed E-state index contributed by atoms with van der Waals surface area (Å²) in [5, 5.41) is 7.34. The molecule has 1 aromatic heterocycles. The molecule has 1 aromatic rings. The van der Waals surface area contributed by atoms with Gasteiger partial charge in [0.15, 0.2) is 0 Å². The Morgan fingerprint density at radius 2 is 1.96 bits per heavy atom. The van der Waals surface area contributed by atoms with Crippen molar-refractivity contribution >= 4 is 5.91 Å². The average molecular weight is 322 g/mol. The summed E-state index contributed by atoms with van der Waals surface area (Å²) in [6.45, 7) is 12.6. The Labute approximate surface area is 139 Å². The highest BCUT2D eigenvalue weighted by atomic mass is 16.5. The second kappa shape index (κ2) is 7.93. The van der Waals surface area contributed by atoms with Crippen molar-refractivity contribution in [3.05, 3.63) is 18.5 Å². The van der Waals surface area contributed by atoms with Crippen molar-refractivity contribution in [2.24, 2.45) is 5.92 Å². The summed E-state index contributed by atoms with van der Waals surface area (Å²) in [4.78, 5) is 15.1. The van der Waals surface area contributed by atoms with Crippen LogP contribution >= 0.6 is 0 Å². The highest BCUT2D eigenvalue weighted by Crippen LogP contribution is 2.18. The van der Waals surface area contributed by atoms with E-state index >= 15 is 0 Å². The zero-order valence-corrected chi connectivity index (χ0v) is 14.9. The maximum Gasteiger partial charge on any atom is 0.237 e. The zero-order valence-electron chi connectivity index (χ0n) is 14.9. The van der Waals surface area contributed by atoms with E-state index in [1.165, 1.54) is 0 Å². The lowest BCUT2D eigenvalue weighted by molar-refractivity contribution is -0.136. The predicted octanol–water partition coefficient (Wildman–Crippen LogP) is 1.52. The van der Waals surface area contributed by atoms with Gasteiger partial charge in [0.1, 0.15) is 0 Å². The number of nitrogens with one attached hydrogen (secondary N) is 1. The molecule has 0 aromatic carbocycles. The van der Waals surface area contributed by atoms with E-state index in [0.717, 1.165) is 13.1 Å². The smallest absolute Gasteiger partial charge is 0.237 e. The molecule has 1 aliphatic rings. The molecule has 0 aliphatic carbocycles. The molecule has 23 heavy (non-hydrogen) atoms. The summed E-state index contributed by atoms with van der Waals surface area (Å²) in [5.74, 6) is 0.352. The van der Waals surface area contributed by atoms with Crippen LogP contribution in [0.2, 0.25) is 0 Å². The third-order valence-corrected chi connectivity index (χ3v) is 4.15. The molecule has 6 heteroatoms. The lowest BCUT2D eigenvalue weighted by Gasteiger charge is -2.41. The van der Waals surface area contributed by atoms with E-state index in [1.807, 2.05) is 23.9 Å². The van der Waals surface area contributed by atoms with Crippen LogP contribution in [0.15, 0.2) is 18.5 Å². The molecule has 2 rings (SSSR count). The van der Waals surface area contributed by atoms with Crippen LogP contribution in [-0.4, -0.2) is 58.0 Å². The fraction of sp³-hybridized carbons (Fsp3) is 0.765. The molecule has 1 aliphatic heterocycles. The fourth-order valence-corrected chi connectivity index (χ4v) is 3.40. The number of aromatic nitrogens is 2. The Kier molecular flexibility index (Phi) is 6.18. The van der Waals surface area contributed by atoms with Crippen LogP contribution < -0.4 is 5.32 Å². The minimum atomic E-state index is -0.121. The SMILES string of the molecule is CC(C)[C@@H](C(=O)N[C@H](C)Cn1cccn1)N1C[C@H](C)O[C@@H](C)C1. The van der Waals surface area contributed by atoms with Gasteiger partial charge in [-0.2, -0.15) is 5.10 Å². The Morgan fingerprint density at radius 1 is 1.30 bits per heavy atom. The third-order valence-electron chi connectivity index (χ3n) is 4.15. The maximum absolute atomic E-state index is 12.8. The largest absolute Gasteiger partial charge is 0.373 e. The van der Waals surface area contributed by atoms with Crippen LogP contribution in [-0.2, 0) is 16.1 Å². The molecule has 0 radical (unpaired) electrons. The van der Waals surface area contributed by atoms with Gasteiger partial charge >= 0.3 is 0 Å². The first-order valence-corrected chi connectivity index (χ1v) is 8.54. The number of carbonyl (C=O) groups is 1. The van der Waals surface area contributed by atoms with Crippen LogP contribution in [0.3, 0.4) is 0 Å². The second-order valence-electron chi connectivity index (χ2n) is 7.04. The van der Waals surface area contributed by atoms with Crippen LogP contribution in [0.4, 0.5) is 0 Å². The van der Waals surface area contributed by atoms with E-state index < -0.39 is 0 Å². The zero-order chi connectivity index (χ0) is 17.0. The Balaban J connectivity index is 1.97. The molecule has 1 N–H and O–H groups in total. The van der Waals surface area contributed by atoms with Gasteiger partial charge in [-0.1, -0.05) is 13.8 Å². The van der Waals surface area contributed by atoms with Gasteiger partial charge < -0.3 is 10.1 Å². The molecule has 1 fully saturated rings. The molecular weight excluding hydrogens is 292 g/mol. The first-order valence-electron chi connectivity index (χ1n) is 8.54. The first-order chi connectivity index (χ1) is 10.9. The number of rotatable bonds is 6. The monoisotopic (exact) mass is 322 g/mol. The summed E-state index contributed by atoms with van der Waals surface area (Å²) in [5.41, 5.74) is 0. The number of carbonyl (C=O) groups excluding carboxylic acids is 1. The Bertz CT molecular complexity index is 479. The minimum absolute atomic E-state index is 0.0412. The van der Waals surface area contributed by atoms with Crippen molar-refractivity contribution in [3.8, 4) is 0 Å². The minimum Gasteiger partial charge on any atom is -0.373 e. The standard InChI is InChI=1S/C17H30N4O2/c1-12(2)16(20-10-14(4)23-15(5)11-20)17(22)19-13(3)9-21-8-6-7-18-21/h6-8,12-16H,9-11H2,1-5H3,(H,19,22)/t13-,14+,15+,16+/m1/s1. The molecule has 0 saturated carbocycles. The maximum atomic E-state index is 12.8. The van der Waals surface area contributed by atoms with Gasteiger partial charge in [0, 0.05) is 31.5 Å². The Hall–Kier alpha value is -1.40. The van der Waals surface area contributed by atoms with Crippen molar-refractivity contribution in [1.82, 2.24) is 20.0 Å². The number of morpholine rings is 1. The Morgan fingerprint density at radius 3 is 2.48 bits per heavy atom. The molecule has 6 nitrogen and oxygen atoms in total.